The van der Waals surface area contributed by atoms with Crippen LogP contribution in [0.1, 0.15) is 112 Å². The van der Waals surface area contributed by atoms with Crippen LogP contribution in [0.15, 0.2) is 0 Å². The van der Waals surface area contributed by atoms with Gasteiger partial charge in [0.15, 0.2) is 0 Å². The first-order chi connectivity index (χ1) is 14.2. The van der Waals surface area contributed by atoms with Gasteiger partial charge >= 0.3 is 0 Å². The third kappa shape index (κ3) is 4.29. The monoisotopic (exact) mass is 448 g/mol. The maximum Gasteiger partial charge on any atom is 0.0101 e. The molecule has 4 aliphatic carbocycles. The van der Waals surface area contributed by atoms with E-state index in [0.717, 1.165) is 22.6 Å². The first kappa shape index (κ1) is 21.4. The van der Waals surface area contributed by atoms with E-state index in [1.807, 2.05) is 10.6 Å². The van der Waals surface area contributed by atoms with Crippen molar-refractivity contribution >= 4 is 37.8 Å². The number of thiophene rings is 1. The molecular weight excluding hydrogens is 406 g/mol. The van der Waals surface area contributed by atoms with Gasteiger partial charge in [-0.15, -0.1) is 11.3 Å². The normalized spacial score (nSPS) is 25.5. The second-order valence-electron chi connectivity index (χ2n) is 10.5. The smallest absolute Gasteiger partial charge is 0.0101 e. The molecule has 0 spiro atoms. The van der Waals surface area contributed by atoms with E-state index in [4.69, 9.17) is 0 Å². The van der Waals surface area contributed by atoms with Crippen molar-refractivity contribution in [3.8, 4) is 0 Å². The fourth-order valence-corrected chi connectivity index (χ4v) is 17.8. The van der Waals surface area contributed by atoms with E-state index in [2.05, 4.69) is 25.2 Å². The Morgan fingerprint density at radius 1 is 0.483 bits per heavy atom. The van der Waals surface area contributed by atoms with Crippen LogP contribution in [-0.4, -0.2) is 22.6 Å². The van der Waals surface area contributed by atoms with Crippen LogP contribution in [0.4, 0.5) is 0 Å². The molecule has 0 aliphatic heterocycles. The van der Waals surface area contributed by atoms with Gasteiger partial charge in [0.2, 0.25) is 0 Å². The summed E-state index contributed by atoms with van der Waals surface area (Å²) >= 11 is 2.22. The van der Waals surface area contributed by atoms with Crippen molar-refractivity contribution in [3.05, 3.63) is 9.75 Å². The van der Waals surface area contributed by atoms with Crippen LogP contribution < -0.4 is 10.6 Å². The Morgan fingerprint density at radius 3 is 0.966 bits per heavy atom. The first-order valence-electron chi connectivity index (χ1n) is 12.9. The van der Waals surface area contributed by atoms with Crippen molar-refractivity contribution in [2.45, 2.75) is 139 Å². The highest BCUT2D eigenvalue weighted by molar-refractivity contribution is 7.74. The molecule has 3 heteroatoms. The van der Waals surface area contributed by atoms with E-state index in [0.29, 0.717) is 0 Å². The molecule has 0 amide bonds. The van der Waals surface area contributed by atoms with Gasteiger partial charge in [0, 0.05) is 9.75 Å². The maximum atomic E-state index is 2.53. The van der Waals surface area contributed by atoms with Crippen molar-refractivity contribution in [1.29, 1.82) is 0 Å². The summed E-state index contributed by atoms with van der Waals surface area (Å²) in [5.74, 6) is 0. The Balaban J connectivity index is 1.58. The molecule has 1 aromatic heterocycles. The van der Waals surface area contributed by atoms with Gasteiger partial charge in [0.1, 0.15) is 0 Å². The van der Waals surface area contributed by atoms with Gasteiger partial charge in [-0.3, -0.25) is 0 Å². The van der Waals surface area contributed by atoms with E-state index < -0.39 is 0 Å². The molecule has 162 valence electrons. The van der Waals surface area contributed by atoms with Crippen LogP contribution in [-0.2, 0) is 0 Å². The SMILES string of the molecule is Cc1sc(C)c(P(C2CCCC2)C2CCCC2)c1P(C1CCCC1)C1CCCC1. The summed E-state index contributed by atoms with van der Waals surface area (Å²) in [4.78, 5) is 3.54. The Hall–Kier alpha value is 0.560. The number of hydrogen-bond acceptors (Lipinski definition) is 1. The molecule has 0 bridgehead atoms. The molecule has 1 aromatic rings. The van der Waals surface area contributed by atoms with E-state index in [9.17, 15) is 0 Å². The predicted molar refractivity (Wildman–Crippen MR) is 136 cm³/mol. The molecule has 29 heavy (non-hydrogen) atoms. The molecular formula is C26H42P2S. The highest BCUT2D eigenvalue weighted by Gasteiger charge is 2.42. The summed E-state index contributed by atoms with van der Waals surface area (Å²) < 4.78 is 0. The zero-order chi connectivity index (χ0) is 19.8. The van der Waals surface area contributed by atoms with Crippen molar-refractivity contribution in [2.75, 3.05) is 0 Å². The van der Waals surface area contributed by atoms with Crippen molar-refractivity contribution in [3.63, 3.8) is 0 Å². The van der Waals surface area contributed by atoms with Gasteiger partial charge in [-0.25, -0.2) is 0 Å². The van der Waals surface area contributed by atoms with Crippen molar-refractivity contribution in [1.82, 2.24) is 0 Å². The topological polar surface area (TPSA) is 0 Å². The molecule has 0 unspecified atom stereocenters. The van der Waals surface area contributed by atoms with Crippen LogP contribution in [0.2, 0.25) is 0 Å². The van der Waals surface area contributed by atoms with Crippen LogP contribution in [0, 0.1) is 13.8 Å². The number of hydrogen-bond donors (Lipinski definition) is 0. The standard InChI is InChI=1S/C26H42P2S/c1-19-25(27(21-11-3-4-12-21)22-13-5-6-14-22)26(20(2)29-19)28(23-15-7-8-16-23)24-17-9-10-18-24/h21-24H,3-18H2,1-2H3. The zero-order valence-corrected chi connectivity index (χ0v) is 21.5. The predicted octanol–water partition coefficient (Wildman–Crippen LogP) is 8.35. The lowest BCUT2D eigenvalue weighted by Gasteiger charge is -2.37. The van der Waals surface area contributed by atoms with Gasteiger partial charge in [0.25, 0.3) is 0 Å². The van der Waals surface area contributed by atoms with Crippen LogP contribution in [0.3, 0.4) is 0 Å². The van der Waals surface area contributed by atoms with E-state index in [-0.39, 0.29) is 15.8 Å². The van der Waals surface area contributed by atoms with Gasteiger partial charge < -0.3 is 0 Å². The molecule has 0 radical (unpaired) electrons. The van der Waals surface area contributed by atoms with E-state index in [1.54, 1.807) is 61.1 Å². The summed E-state index contributed by atoms with van der Waals surface area (Å²) in [5.41, 5.74) is 4.29. The minimum absolute atomic E-state index is 0.0866. The summed E-state index contributed by atoms with van der Waals surface area (Å²) in [5, 5.41) is 4.07. The lowest BCUT2D eigenvalue weighted by molar-refractivity contribution is 0.833. The van der Waals surface area contributed by atoms with Crippen molar-refractivity contribution < 1.29 is 0 Å². The zero-order valence-electron chi connectivity index (χ0n) is 18.9. The average Bonchev–Trinajstić information content (AvgIpc) is 3.52. The van der Waals surface area contributed by atoms with Crippen LogP contribution >= 0.6 is 27.2 Å². The maximum absolute atomic E-state index is 2.53. The van der Waals surface area contributed by atoms with Gasteiger partial charge in [-0.05, 0) is 98.5 Å². The summed E-state index contributed by atoms with van der Waals surface area (Å²) in [6, 6.07) is 0. The summed E-state index contributed by atoms with van der Waals surface area (Å²) in [6.45, 7) is 5.07. The minimum atomic E-state index is 0.0866. The highest BCUT2D eigenvalue weighted by atomic mass is 32.1. The average molecular weight is 449 g/mol. The summed E-state index contributed by atoms with van der Waals surface area (Å²) in [7, 11) is 0.173. The molecule has 0 aromatic carbocycles. The first-order valence-corrected chi connectivity index (χ1v) is 16.7. The van der Waals surface area contributed by atoms with E-state index in [1.165, 1.54) is 51.4 Å². The van der Waals surface area contributed by atoms with E-state index >= 15 is 0 Å². The summed E-state index contributed by atoms with van der Waals surface area (Å²) in [6.07, 6.45) is 24.6. The van der Waals surface area contributed by atoms with Crippen molar-refractivity contribution in [2.24, 2.45) is 0 Å². The molecule has 5 rings (SSSR count). The Morgan fingerprint density at radius 2 is 0.724 bits per heavy atom. The second kappa shape index (κ2) is 9.59. The highest BCUT2D eigenvalue weighted by Crippen LogP contribution is 2.62. The van der Waals surface area contributed by atoms with Gasteiger partial charge in [-0.2, -0.15) is 0 Å². The van der Waals surface area contributed by atoms with Crippen LogP contribution in [0.25, 0.3) is 0 Å². The van der Waals surface area contributed by atoms with Gasteiger partial charge in [0.05, 0.1) is 0 Å². The quantitative estimate of drug-likeness (QED) is 0.384. The molecule has 4 fully saturated rings. The molecule has 0 nitrogen and oxygen atoms in total. The Bertz CT molecular complexity index is 583. The van der Waals surface area contributed by atoms with Crippen LogP contribution in [0.5, 0.6) is 0 Å². The third-order valence-corrected chi connectivity index (χ3v) is 17.4. The molecule has 0 atom stereocenters. The molecule has 1 heterocycles. The largest absolute Gasteiger partial charge is 0.145 e. The fourth-order valence-electron chi connectivity index (χ4n) is 7.32. The number of rotatable bonds is 6. The molecule has 0 N–H and O–H groups in total. The number of aryl methyl sites for hydroxylation is 2. The lowest BCUT2D eigenvalue weighted by atomic mass is 10.3. The fraction of sp³-hybridized carbons (Fsp3) is 0.846. The molecule has 0 saturated heterocycles. The third-order valence-electron chi connectivity index (χ3n) is 8.59. The Labute approximate surface area is 186 Å². The Kier molecular flexibility index (Phi) is 7.08. The minimum Gasteiger partial charge on any atom is -0.145 e. The second-order valence-corrected chi connectivity index (χ2v) is 17.4. The lowest BCUT2D eigenvalue weighted by Crippen LogP contribution is -2.33. The molecule has 4 aliphatic rings. The van der Waals surface area contributed by atoms with Gasteiger partial charge in [-0.1, -0.05) is 67.2 Å². The molecule has 4 saturated carbocycles.